The molecule has 0 aromatic heterocycles. The van der Waals surface area contributed by atoms with Crippen LogP contribution in [0.2, 0.25) is 0 Å². The summed E-state index contributed by atoms with van der Waals surface area (Å²) in [5.41, 5.74) is 7.55. The van der Waals surface area contributed by atoms with Crippen LogP contribution in [0, 0.1) is 5.92 Å². The highest BCUT2D eigenvalue weighted by atomic mass is 32.2. The monoisotopic (exact) mass is 369 g/mol. The van der Waals surface area contributed by atoms with Crippen molar-refractivity contribution in [1.82, 2.24) is 15.2 Å². The zero-order chi connectivity index (χ0) is 18.6. The summed E-state index contributed by atoms with van der Waals surface area (Å²) in [6.45, 7) is 6.61. The van der Waals surface area contributed by atoms with Crippen molar-refractivity contribution in [1.29, 1.82) is 0 Å². The van der Waals surface area contributed by atoms with Crippen LogP contribution in [-0.4, -0.2) is 44.3 Å². The van der Waals surface area contributed by atoms with Crippen molar-refractivity contribution in [3.63, 3.8) is 0 Å². The van der Waals surface area contributed by atoms with Crippen LogP contribution in [0.25, 0.3) is 0 Å². The third-order valence-corrected chi connectivity index (χ3v) is 6.41. The lowest BCUT2D eigenvalue weighted by Crippen LogP contribution is -2.47. The standard InChI is InChI=1S/C17H27N3O4S/c1-5-24-17(21)15-10-18-19-16(15)25(22,23)20(4)11-13-6-8-14(9-7-13)12(2)3/h6-9,12,15-16,18-19H,5,10-11H2,1-4H3. The van der Waals surface area contributed by atoms with Crippen molar-refractivity contribution in [2.75, 3.05) is 20.2 Å². The average molecular weight is 369 g/mol. The number of ether oxygens (including phenoxy) is 1. The van der Waals surface area contributed by atoms with Crippen molar-refractivity contribution in [2.45, 2.75) is 38.6 Å². The van der Waals surface area contributed by atoms with E-state index in [0.29, 0.717) is 5.92 Å². The number of hydrogen-bond donors (Lipinski definition) is 2. The molecule has 8 heteroatoms. The number of hydrazine groups is 1. The van der Waals surface area contributed by atoms with Gasteiger partial charge in [0.25, 0.3) is 0 Å². The summed E-state index contributed by atoms with van der Waals surface area (Å²) in [6, 6.07) is 7.89. The first-order valence-corrected chi connectivity index (χ1v) is 9.96. The fourth-order valence-corrected chi connectivity index (χ4v) is 4.34. The van der Waals surface area contributed by atoms with E-state index >= 15 is 0 Å². The predicted molar refractivity (Wildman–Crippen MR) is 96.0 cm³/mol. The van der Waals surface area contributed by atoms with E-state index in [2.05, 4.69) is 24.7 Å². The van der Waals surface area contributed by atoms with E-state index in [0.717, 1.165) is 5.56 Å². The molecule has 1 heterocycles. The second-order valence-electron chi connectivity index (χ2n) is 6.50. The van der Waals surface area contributed by atoms with Gasteiger partial charge in [-0.15, -0.1) is 0 Å². The lowest BCUT2D eigenvalue weighted by molar-refractivity contribution is -0.147. The second kappa shape index (κ2) is 8.27. The lowest BCUT2D eigenvalue weighted by atomic mass is 10.0. The fraction of sp³-hybridized carbons (Fsp3) is 0.588. The molecule has 1 fully saturated rings. The molecule has 0 saturated carbocycles. The Morgan fingerprint density at radius 1 is 1.32 bits per heavy atom. The molecular formula is C17H27N3O4S. The molecule has 1 saturated heterocycles. The van der Waals surface area contributed by atoms with E-state index in [-0.39, 0.29) is 19.7 Å². The van der Waals surface area contributed by atoms with E-state index in [1.54, 1.807) is 6.92 Å². The smallest absolute Gasteiger partial charge is 0.313 e. The molecule has 1 aromatic rings. The zero-order valence-electron chi connectivity index (χ0n) is 15.2. The maximum atomic E-state index is 12.8. The first kappa shape index (κ1) is 19.8. The molecule has 0 aliphatic carbocycles. The summed E-state index contributed by atoms with van der Waals surface area (Å²) in [5, 5.41) is -1.04. The minimum atomic E-state index is -3.72. The Kier molecular flexibility index (Phi) is 6.56. The zero-order valence-corrected chi connectivity index (χ0v) is 16.0. The molecule has 0 spiro atoms. The van der Waals surface area contributed by atoms with Gasteiger partial charge in [0, 0.05) is 20.1 Å². The molecule has 0 bridgehead atoms. The molecule has 2 N–H and O–H groups in total. The van der Waals surface area contributed by atoms with Crippen LogP contribution in [-0.2, 0) is 26.1 Å². The maximum absolute atomic E-state index is 12.8. The molecule has 2 unspecified atom stereocenters. The van der Waals surface area contributed by atoms with Gasteiger partial charge in [0.2, 0.25) is 10.0 Å². The summed E-state index contributed by atoms with van der Waals surface area (Å²) in [7, 11) is -2.20. The van der Waals surface area contributed by atoms with Gasteiger partial charge in [-0.3, -0.25) is 10.2 Å². The highest BCUT2D eigenvalue weighted by molar-refractivity contribution is 7.89. The number of hydrogen-bond acceptors (Lipinski definition) is 6. The molecule has 2 rings (SSSR count). The number of carbonyl (C=O) groups is 1. The molecule has 0 radical (unpaired) electrons. The Labute approximate surface area is 149 Å². The van der Waals surface area contributed by atoms with Gasteiger partial charge >= 0.3 is 5.97 Å². The SMILES string of the molecule is CCOC(=O)C1CNNC1S(=O)(=O)N(C)Cc1ccc(C(C)C)cc1. The quantitative estimate of drug-likeness (QED) is 0.702. The second-order valence-corrected chi connectivity index (χ2v) is 8.66. The molecule has 2 atom stereocenters. The first-order valence-electron chi connectivity index (χ1n) is 8.46. The van der Waals surface area contributed by atoms with E-state index in [1.807, 2.05) is 24.3 Å². The van der Waals surface area contributed by atoms with Gasteiger partial charge in [0.1, 0.15) is 5.92 Å². The van der Waals surface area contributed by atoms with Gasteiger partial charge in [-0.1, -0.05) is 38.1 Å². The topological polar surface area (TPSA) is 87.7 Å². The molecule has 140 valence electrons. The molecule has 7 nitrogen and oxygen atoms in total. The minimum absolute atomic E-state index is 0.222. The van der Waals surface area contributed by atoms with Crippen molar-refractivity contribution in [3.05, 3.63) is 35.4 Å². The Morgan fingerprint density at radius 3 is 2.52 bits per heavy atom. The highest BCUT2D eigenvalue weighted by Gasteiger charge is 2.44. The van der Waals surface area contributed by atoms with Crippen LogP contribution in [0.5, 0.6) is 0 Å². The van der Waals surface area contributed by atoms with Crippen LogP contribution in [0.4, 0.5) is 0 Å². The van der Waals surface area contributed by atoms with E-state index in [4.69, 9.17) is 4.74 Å². The molecule has 1 aliphatic rings. The van der Waals surface area contributed by atoms with Crippen LogP contribution in [0.1, 0.15) is 37.8 Å². The first-order chi connectivity index (χ1) is 11.8. The van der Waals surface area contributed by atoms with Crippen molar-refractivity contribution < 1.29 is 17.9 Å². The van der Waals surface area contributed by atoms with Gasteiger partial charge in [-0.2, -0.15) is 4.31 Å². The number of esters is 1. The number of benzene rings is 1. The average Bonchev–Trinajstić information content (AvgIpc) is 3.06. The molecular weight excluding hydrogens is 342 g/mol. The molecule has 0 amide bonds. The van der Waals surface area contributed by atoms with Crippen molar-refractivity contribution in [3.8, 4) is 0 Å². The summed E-state index contributed by atoms with van der Waals surface area (Å²) in [6.07, 6.45) is 0. The summed E-state index contributed by atoms with van der Waals surface area (Å²) in [4.78, 5) is 12.0. The Balaban J connectivity index is 2.11. The summed E-state index contributed by atoms with van der Waals surface area (Å²) in [5.74, 6) is -0.853. The minimum Gasteiger partial charge on any atom is -0.466 e. The van der Waals surface area contributed by atoms with Crippen molar-refractivity contribution in [2.24, 2.45) is 5.92 Å². The number of nitrogens with zero attached hydrogens (tertiary/aromatic N) is 1. The predicted octanol–water partition coefficient (Wildman–Crippen LogP) is 1.18. The van der Waals surface area contributed by atoms with Crippen LogP contribution in [0.3, 0.4) is 0 Å². The Hall–Kier alpha value is -1.48. The van der Waals surface area contributed by atoms with Crippen LogP contribution < -0.4 is 10.9 Å². The van der Waals surface area contributed by atoms with Crippen LogP contribution in [0.15, 0.2) is 24.3 Å². The fourth-order valence-electron chi connectivity index (χ4n) is 2.76. The molecule has 1 aliphatic heterocycles. The Bertz CT molecular complexity index is 688. The highest BCUT2D eigenvalue weighted by Crippen LogP contribution is 2.21. The van der Waals surface area contributed by atoms with E-state index in [1.165, 1.54) is 16.9 Å². The summed E-state index contributed by atoms with van der Waals surface area (Å²) >= 11 is 0. The van der Waals surface area contributed by atoms with Crippen LogP contribution >= 0.6 is 0 Å². The number of carbonyl (C=O) groups excluding carboxylic acids is 1. The third kappa shape index (κ3) is 4.58. The number of nitrogens with one attached hydrogen (secondary N) is 2. The third-order valence-electron chi connectivity index (χ3n) is 4.33. The number of rotatable bonds is 7. The van der Waals surface area contributed by atoms with Gasteiger partial charge in [0.15, 0.2) is 5.37 Å². The number of sulfonamides is 1. The van der Waals surface area contributed by atoms with Gasteiger partial charge < -0.3 is 4.74 Å². The molecule has 1 aromatic carbocycles. The largest absolute Gasteiger partial charge is 0.466 e. The van der Waals surface area contributed by atoms with E-state index in [9.17, 15) is 13.2 Å². The van der Waals surface area contributed by atoms with Crippen molar-refractivity contribution >= 4 is 16.0 Å². The van der Waals surface area contributed by atoms with Gasteiger partial charge in [-0.05, 0) is 24.0 Å². The summed E-state index contributed by atoms with van der Waals surface area (Å²) < 4.78 is 31.9. The molecule has 25 heavy (non-hydrogen) atoms. The normalized spacial score (nSPS) is 21.0. The van der Waals surface area contributed by atoms with E-state index < -0.39 is 27.3 Å². The lowest BCUT2D eigenvalue weighted by Gasteiger charge is -2.24. The van der Waals surface area contributed by atoms with Gasteiger partial charge in [0.05, 0.1) is 6.61 Å². The van der Waals surface area contributed by atoms with Gasteiger partial charge in [-0.25, -0.2) is 13.8 Å². The Morgan fingerprint density at radius 2 is 1.96 bits per heavy atom. The maximum Gasteiger partial charge on any atom is 0.313 e.